The van der Waals surface area contributed by atoms with Crippen molar-refractivity contribution in [1.29, 1.82) is 0 Å². The van der Waals surface area contributed by atoms with Gasteiger partial charge in [-0.05, 0) is 31.2 Å². The molecule has 164 valence electrons. The van der Waals surface area contributed by atoms with Crippen molar-refractivity contribution in [3.05, 3.63) is 35.7 Å². The molecule has 2 aromatic rings. The zero-order chi connectivity index (χ0) is 21.2. The number of hydrogen-bond donors (Lipinski definition) is 2. The van der Waals surface area contributed by atoms with Gasteiger partial charge in [0.15, 0.2) is 5.96 Å². The first-order valence-corrected chi connectivity index (χ1v) is 11.7. The van der Waals surface area contributed by atoms with Crippen LogP contribution in [0.1, 0.15) is 95.4 Å². The summed E-state index contributed by atoms with van der Waals surface area (Å²) in [5, 5.41) is 4.12. The summed E-state index contributed by atoms with van der Waals surface area (Å²) in [5.41, 5.74) is 12.9. The van der Waals surface area contributed by atoms with Crippen molar-refractivity contribution in [2.24, 2.45) is 16.5 Å². The Morgan fingerprint density at radius 1 is 0.933 bits per heavy atom. The van der Waals surface area contributed by atoms with Crippen LogP contribution in [0.25, 0.3) is 11.4 Å². The van der Waals surface area contributed by atoms with E-state index >= 15 is 0 Å². The van der Waals surface area contributed by atoms with Crippen LogP contribution in [0.5, 0.6) is 0 Å². The molecule has 0 atom stereocenters. The van der Waals surface area contributed by atoms with Crippen LogP contribution < -0.4 is 11.5 Å². The van der Waals surface area contributed by atoms with E-state index in [1.54, 1.807) is 0 Å². The molecule has 0 spiro atoms. The van der Waals surface area contributed by atoms with E-state index in [4.69, 9.17) is 16.0 Å². The summed E-state index contributed by atoms with van der Waals surface area (Å²) in [7, 11) is 0. The first-order valence-electron chi connectivity index (χ1n) is 11.7. The van der Waals surface area contributed by atoms with Crippen LogP contribution >= 0.6 is 0 Å². The summed E-state index contributed by atoms with van der Waals surface area (Å²) in [5.74, 6) is 1.15. The summed E-state index contributed by atoms with van der Waals surface area (Å²) in [6.07, 6.45) is 16.5. The zero-order valence-corrected chi connectivity index (χ0v) is 18.4. The number of aryl methyl sites for hydroxylation is 1. The Bertz CT molecular complexity index is 788. The van der Waals surface area contributed by atoms with Crippen molar-refractivity contribution in [2.45, 2.75) is 95.9 Å². The van der Waals surface area contributed by atoms with Gasteiger partial charge in [-0.25, -0.2) is 4.99 Å². The molecule has 6 heteroatoms. The predicted octanol–water partition coefficient (Wildman–Crippen LogP) is 5.46. The Morgan fingerprint density at radius 3 is 2.10 bits per heavy atom. The molecule has 30 heavy (non-hydrogen) atoms. The lowest BCUT2D eigenvalue weighted by Crippen LogP contribution is -2.25. The maximum atomic E-state index is 5.52. The largest absolute Gasteiger partial charge is 0.370 e. The topological polar surface area (TPSA) is 103 Å². The van der Waals surface area contributed by atoms with Gasteiger partial charge in [0.05, 0.1) is 0 Å². The quantitative estimate of drug-likeness (QED) is 0.244. The standard InChI is InChI=1S/C24H37N5O/c1-2-3-4-5-6-7-8-9-10-11-12-19-13-15-20(16-14-19)21-27-22(30-29-21)24(17-18-24)28-23(25)26/h13-16H,2-12,17-18H2,1H3,(H4,25,26,28). The minimum absolute atomic E-state index is 0.0589. The van der Waals surface area contributed by atoms with Crippen molar-refractivity contribution < 1.29 is 4.52 Å². The third-order valence-corrected chi connectivity index (χ3v) is 5.92. The highest BCUT2D eigenvalue weighted by Gasteiger charge is 2.50. The van der Waals surface area contributed by atoms with Crippen LogP contribution in [-0.2, 0) is 12.0 Å². The van der Waals surface area contributed by atoms with Gasteiger partial charge in [0, 0.05) is 5.56 Å². The zero-order valence-electron chi connectivity index (χ0n) is 18.4. The van der Waals surface area contributed by atoms with Crippen molar-refractivity contribution >= 4 is 5.96 Å². The maximum Gasteiger partial charge on any atom is 0.255 e. The first-order chi connectivity index (χ1) is 14.6. The molecule has 0 radical (unpaired) electrons. The molecule has 1 aliphatic carbocycles. The number of benzene rings is 1. The van der Waals surface area contributed by atoms with Crippen LogP contribution in [0, 0.1) is 0 Å². The Hall–Kier alpha value is -2.37. The molecular formula is C24H37N5O. The molecule has 4 N–H and O–H groups in total. The minimum atomic E-state index is -0.500. The van der Waals surface area contributed by atoms with Crippen LogP contribution in [0.3, 0.4) is 0 Å². The highest BCUT2D eigenvalue weighted by Crippen LogP contribution is 2.48. The summed E-state index contributed by atoms with van der Waals surface area (Å²) >= 11 is 0. The average Bonchev–Trinajstić information content (AvgIpc) is 3.33. The highest BCUT2D eigenvalue weighted by atomic mass is 16.5. The minimum Gasteiger partial charge on any atom is -0.370 e. The molecule has 1 aromatic carbocycles. The number of hydrogen-bond acceptors (Lipinski definition) is 4. The van der Waals surface area contributed by atoms with E-state index in [2.05, 4.69) is 46.3 Å². The number of nitrogens with two attached hydrogens (primary N) is 2. The lowest BCUT2D eigenvalue weighted by molar-refractivity contribution is 0.349. The Labute approximate surface area is 180 Å². The van der Waals surface area contributed by atoms with Gasteiger partial charge >= 0.3 is 0 Å². The summed E-state index contributed by atoms with van der Waals surface area (Å²) in [4.78, 5) is 8.79. The van der Waals surface area contributed by atoms with Crippen LogP contribution in [0.4, 0.5) is 0 Å². The molecule has 6 nitrogen and oxygen atoms in total. The van der Waals surface area contributed by atoms with Gasteiger partial charge in [0.1, 0.15) is 5.54 Å². The fraction of sp³-hybridized carbons (Fsp3) is 0.625. The van der Waals surface area contributed by atoms with Crippen molar-refractivity contribution in [2.75, 3.05) is 0 Å². The highest BCUT2D eigenvalue weighted by molar-refractivity contribution is 5.76. The number of guanidine groups is 1. The van der Waals surface area contributed by atoms with Crippen LogP contribution in [0.2, 0.25) is 0 Å². The molecule has 1 fully saturated rings. The van der Waals surface area contributed by atoms with E-state index in [0.717, 1.165) is 24.8 Å². The molecule has 0 amide bonds. The third-order valence-electron chi connectivity index (χ3n) is 5.92. The monoisotopic (exact) mass is 411 g/mol. The summed E-state index contributed by atoms with van der Waals surface area (Å²) in [6.45, 7) is 2.27. The molecule has 1 aliphatic rings. The van der Waals surface area contributed by atoms with Gasteiger partial charge in [0.25, 0.3) is 5.89 Å². The van der Waals surface area contributed by atoms with Crippen molar-refractivity contribution in [3.8, 4) is 11.4 Å². The van der Waals surface area contributed by atoms with Crippen LogP contribution in [-0.4, -0.2) is 16.1 Å². The Kier molecular flexibility index (Phi) is 8.29. The van der Waals surface area contributed by atoms with Crippen LogP contribution in [0.15, 0.2) is 33.8 Å². The van der Waals surface area contributed by atoms with Crippen molar-refractivity contribution in [1.82, 2.24) is 10.1 Å². The fourth-order valence-electron chi connectivity index (χ4n) is 3.91. The molecule has 1 aromatic heterocycles. The fourth-order valence-corrected chi connectivity index (χ4v) is 3.91. The van der Waals surface area contributed by atoms with Gasteiger partial charge in [-0.15, -0.1) is 0 Å². The van der Waals surface area contributed by atoms with Gasteiger partial charge < -0.3 is 16.0 Å². The second-order valence-electron chi connectivity index (χ2n) is 8.62. The number of rotatable bonds is 14. The molecule has 0 bridgehead atoms. The lowest BCUT2D eigenvalue weighted by Gasteiger charge is -2.04. The van der Waals surface area contributed by atoms with E-state index in [-0.39, 0.29) is 5.96 Å². The van der Waals surface area contributed by atoms with E-state index < -0.39 is 5.54 Å². The lowest BCUT2D eigenvalue weighted by atomic mass is 10.0. The molecule has 0 aliphatic heterocycles. The second-order valence-corrected chi connectivity index (χ2v) is 8.62. The predicted molar refractivity (Wildman–Crippen MR) is 122 cm³/mol. The Balaban J connectivity index is 1.37. The van der Waals surface area contributed by atoms with E-state index in [1.807, 2.05) is 0 Å². The SMILES string of the molecule is CCCCCCCCCCCCc1ccc(-c2noc(C3(N=C(N)N)CC3)n2)cc1. The van der Waals surface area contributed by atoms with Crippen molar-refractivity contribution in [3.63, 3.8) is 0 Å². The first kappa shape index (κ1) is 22.3. The molecule has 0 saturated heterocycles. The maximum absolute atomic E-state index is 5.52. The van der Waals surface area contributed by atoms with Gasteiger partial charge in [-0.3, -0.25) is 0 Å². The molecule has 0 unspecified atom stereocenters. The average molecular weight is 412 g/mol. The van der Waals surface area contributed by atoms with E-state index in [1.165, 1.54) is 69.8 Å². The molecule has 1 heterocycles. The van der Waals surface area contributed by atoms with Gasteiger partial charge in [-0.1, -0.05) is 94.1 Å². The summed E-state index contributed by atoms with van der Waals surface area (Å²) in [6, 6.07) is 8.48. The normalized spacial score (nSPS) is 14.6. The molecular weight excluding hydrogens is 374 g/mol. The van der Waals surface area contributed by atoms with Gasteiger partial charge in [0.2, 0.25) is 5.82 Å². The number of unbranched alkanes of at least 4 members (excludes halogenated alkanes) is 9. The third kappa shape index (κ3) is 6.57. The smallest absolute Gasteiger partial charge is 0.255 e. The summed E-state index contributed by atoms with van der Waals surface area (Å²) < 4.78 is 5.44. The number of aliphatic imine (C=N–C) groups is 1. The molecule has 3 rings (SSSR count). The number of nitrogens with zero attached hydrogens (tertiary/aromatic N) is 3. The Morgan fingerprint density at radius 2 is 1.53 bits per heavy atom. The molecule has 1 saturated carbocycles. The number of aromatic nitrogens is 2. The van der Waals surface area contributed by atoms with Gasteiger partial charge in [-0.2, -0.15) is 4.98 Å². The second kappa shape index (κ2) is 11.1. The van der Waals surface area contributed by atoms with E-state index in [9.17, 15) is 0 Å². The van der Waals surface area contributed by atoms with E-state index in [0.29, 0.717) is 11.7 Å².